The van der Waals surface area contributed by atoms with E-state index in [0.717, 1.165) is 32.1 Å². The molecule has 1 fully saturated rings. The molecule has 0 saturated heterocycles. The summed E-state index contributed by atoms with van der Waals surface area (Å²) in [5.41, 5.74) is 0. The number of hydrogen-bond donors (Lipinski definition) is 2. The van der Waals surface area contributed by atoms with E-state index in [0.29, 0.717) is 6.42 Å². The van der Waals surface area contributed by atoms with E-state index in [2.05, 4.69) is 11.9 Å². The molecule has 14 heavy (non-hydrogen) atoms. The molecule has 2 N–H and O–H groups in total. The molecule has 0 spiro atoms. The second-order valence-electron chi connectivity index (χ2n) is 3.90. The third kappa shape index (κ3) is 3.92. The molecule has 0 aromatic rings. The van der Waals surface area contributed by atoms with Crippen LogP contribution in [0.4, 0.5) is 0 Å². The Morgan fingerprint density at radius 1 is 1.43 bits per heavy atom. The fourth-order valence-corrected chi connectivity index (χ4v) is 1.75. The van der Waals surface area contributed by atoms with Gasteiger partial charge in [-0.15, -0.1) is 6.58 Å². The highest BCUT2D eigenvalue weighted by atomic mass is 16.3. The molecule has 0 bridgehead atoms. The molecule has 1 amide bonds. The minimum absolute atomic E-state index is 0.103. The van der Waals surface area contributed by atoms with Gasteiger partial charge in [0.2, 0.25) is 5.91 Å². The van der Waals surface area contributed by atoms with Gasteiger partial charge in [-0.2, -0.15) is 0 Å². The number of aliphatic hydroxyl groups is 1. The molecular weight excluding hydrogens is 178 g/mol. The fourth-order valence-electron chi connectivity index (χ4n) is 1.75. The number of aliphatic hydroxyl groups excluding tert-OH is 1. The van der Waals surface area contributed by atoms with Gasteiger partial charge in [0, 0.05) is 12.5 Å². The van der Waals surface area contributed by atoms with Crippen molar-refractivity contribution in [2.24, 2.45) is 0 Å². The molecule has 1 aliphatic rings. The number of carbonyl (C=O) groups is 1. The van der Waals surface area contributed by atoms with E-state index in [1.54, 1.807) is 6.08 Å². The SMILES string of the molecule is C=CCCC(=O)NC1CCC(O)CC1. The molecule has 1 saturated carbocycles. The van der Waals surface area contributed by atoms with E-state index in [1.807, 2.05) is 0 Å². The van der Waals surface area contributed by atoms with Crippen LogP contribution in [0.15, 0.2) is 12.7 Å². The maximum Gasteiger partial charge on any atom is 0.220 e. The van der Waals surface area contributed by atoms with Crippen molar-refractivity contribution in [2.75, 3.05) is 0 Å². The summed E-state index contributed by atoms with van der Waals surface area (Å²) < 4.78 is 0. The molecule has 0 unspecified atom stereocenters. The minimum Gasteiger partial charge on any atom is -0.393 e. The summed E-state index contributed by atoms with van der Waals surface area (Å²) in [6.45, 7) is 3.58. The van der Waals surface area contributed by atoms with Crippen LogP contribution < -0.4 is 5.32 Å². The van der Waals surface area contributed by atoms with Crippen LogP contribution in [0.5, 0.6) is 0 Å². The second kappa shape index (κ2) is 5.81. The van der Waals surface area contributed by atoms with Crippen molar-refractivity contribution in [3.63, 3.8) is 0 Å². The van der Waals surface area contributed by atoms with Gasteiger partial charge in [0.1, 0.15) is 0 Å². The highest BCUT2D eigenvalue weighted by Gasteiger charge is 2.20. The first-order valence-electron chi connectivity index (χ1n) is 5.30. The molecular formula is C11H19NO2. The first-order chi connectivity index (χ1) is 6.72. The van der Waals surface area contributed by atoms with Gasteiger partial charge in [0.15, 0.2) is 0 Å². The highest BCUT2D eigenvalue weighted by Crippen LogP contribution is 2.18. The van der Waals surface area contributed by atoms with Gasteiger partial charge in [-0.05, 0) is 32.1 Å². The third-order valence-electron chi connectivity index (χ3n) is 2.64. The van der Waals surface area contributed by atoms with Crippen LogP contribution in [0.2, 0.25) is 0 Å². The van der Waals surface area contributed by atoms with E-state index in [-0.39, 0.29) is 18.1 Å². The van der Waals surface area contributed by atoms with Crippen LogP contribution in [0.1, 0.15) is 38.5 Å². The molecule has 1 rings (SSSR count). The molecule has 3 nitrogen and oxygen atoms in total. The molecule has 0 aromatic carbocycles. The summed E-state index contributed by atoms with van der Waals surface area (Å²) in [5, 5.41) is 12.3. The zero-order valence-corrected chi connectivity index (χ0v) is 8.54. The smallest absolute Gasteiger partial charge is 0.220 e. The van der Waals surface area contributed by atoms with E-state index in [1.165, 1.54) is 0 Å². The van der Waals surface area contributed by atoms with Crippen LogP contribution >= 0.6 is 0 Å². The highest BCUT2D eigenvalue weighted by molar-refractivity contribution is 5.76. The lowest BCUT2D eigenvalue weighted by Crippen LogP contribution is -2.38. The van der Waals surface area contributed by atoms with Crippen molar-refractivity contribution in [2.45, 2.75) is 50.7 Å². The molecule has 3 heteroatoms. The Morgan fingerprint density at radius 2 is 2.07 bits per heavy atom. The van der Waals surface area contributed by atoms with Gasteiger partial charge < -0.3 is 10.4 Å². The molecule has 80 valence electrons. The van der Waals surface area contributed by atoms with Gasteiger partial charge in [-0.1, -0.05) is 6.08 Å². The van der Waals surface area contributed by atoms with Crippen molar-refractivity contribution < 1.29 is 9.90 Å². The summed E-state index contributed by atoms with van der Waals surface area (Å²) >= 11 is 0. The summed E-state index contributed by atoms with van der Waals surface area (Å²) in [6, 6.07) is 0.274. The van der Waals surface area contributed by atoms with Gasteiger partial charge in [-0.3, -0.25) is 4.79 Å². The lowest BCUT2D eigenvalue weighted by molar-refractivity contribution is -0.122. The number of hydrogen-bond acceptors (Lipinski definition) is 2. The van der Waals surface area contributed by atoms with Crippen LogP contribution in [-0.2, 0) is 4.79 Å². The molecule has 0 atom stereocenters. The van der Waals surface area contributed by atoms with Gasteiger partial charge in [0.05, 0.1) is 6.10 Å². The number of carbonyl (C=O) groups excluding carboxylic acids is 1. The standard InChI is InChI=1S/C11H19NO2/c1-2-3-4-11(14)12-9-5-7-10(13)8-6-9/h2,9-10,13H,1,3-8H2,(H,12,14). The van der Waals surface area contributed by atoms with E-state index < -0.39 is 0 Å². The summed E-state index contributed by atoms with van der Waals surface area (Å²) in [6.07, 6.45) is 6.30. The van der Waals surface area contributed by atoms with Crippen molar-refractivity contribution in [3.05, 3.63) is 12.7 Å². The quantitative estimate of drug-likeness (QED) is 0.669. The van der Waals surface area contributed by atoms with Crippen molar-refractivity contribution in [1.82, 2.24) is 5.32 Å². The van der Waals surface area contributed by atoms with Gasteiger partial charge in [-0.25, -0.2) is 0 Å². The predicted molar refractivity (Wildman–Crippen MR) is 55.8 cm³/mol. The Hall–Kier alpha value is -0.830. The number of allylic oxidation sites excluding steroid dienone is 1. The Balaban J connectivity index is 2.17. The zero-order chi connectivity index (χ0) is 10.4. The van der Waals surface area contributed by atoms with Gasteiger partial charge >= 0.3 is 0 Å². The molecule has 0 heterocycles. The molecule has 0 aliphatic heterocycles. The van der Waals surface area contributed by atoms with E-state index in [9.17, 15) is 9.90 Å². The molecule has 0 aromatic heterocycles. The van der Waals surface area contributed by atoms with Crippen molar-refractivity contribution in [3.8, 4) is 0 Å². The maximum atomic E-state index is 11.3. The Kier molecular flexibility index (Phi) is 4.66. The van der Waals surface area contributed by atoms with E-state index >= 15 is 0 Å². The first kappa shape index (κ1) is 11.2. The van der Waals surface area contributed by atoms with Crippen LogP contribution in [0, 0.1) is 0 Å². The topological polar surface area (TPSA) is 49.3 Å². The predicted octanol–water partition coefficient (Wildman–Crippen LogP) is 1.37. The average molecular weight is 197 g/mol. The number of rotatable bonds is 4. The normalized spacial score (nSPS) is 26.9. The van der Waals surface area contributed by atoms with Crippen LogP contribution in [0.3, 0.4) is 0 Å². The lowest BCUT2D eigenvalue weighted by atomic mass is 9.93. The van der Waals surface area contributed by atoms with Crippen LogP contribution in [-0.4, -0.2) is 23.2 Å². The summed E-state index contributed by atoms with van der Waals surface area (Å²) in [7, 11) is 0. The average Bonchev–Trinajstić information content (AvgIpc) is 2.18. The lowest BCUT2D eigenvalue weighted by Gasteiger charge is -2.26. The Bertz CT molecular complexity index is 195. The van der Waals surface area contributed by atoms with Gasteiger partial charge in [0.25, 0.3) is 0 Å². The summed E-state index contributed by atoms with van der Waals surface area (Å²) in [5.74, 6) is 0.103. The second-order valence-corrected chi connectivity index (χ2v) is 3.90. The Labute approximate surface area is 85.2 Å². The third-order valence-corrected chi connectivity index (χ3v) is 2.64. The first-order valence-corrected chi connectivity index (χ1v) is 5.30. The van der Waals surface area contributed by atoms with Crippen molar-refractivity contribution in [1.29, 1.82) is 0 Å². The molecule has 1 aliphatic carbocycles. The largest absolute Gasteiger partial charge is 0.393 e. The summed E-state index contributed by atoms with van der Waals surface area (Å²) in [4.78, 5) is 11.3. The molecule has 0 radical (unpaired) electrons. The zero-order valence-electron chi connectivity index (χ0n) is 8.54. The number of amides is 1. The minimum atomic E-state index is -0.156. The van der Waals surface area contributed by atoms with Crippen molar-refractivity contribution >= 4 is 5.91 Å². The van der Waals surface area contributed by atoms with E-state index in [4.69, 9.17) is 0 Å². The fraction of sp³-hybridized carbons (Fsp3) is 0.727. The van der Waals surface area contributed by atoms with Crippen LogP contribution in [0.25, 0.3) is 0 Å². The maximum absolute atomic E-state index is 11.3. The monoisotopic (exact) mass is 197 g/mol. The number of nitrogens with one attached hydrogen (secondary N) is 1. The Morgan fingerprint density at radius 3 is 2.64 bits per heavy atom.